The summed E-state index contributed by atoms with van der Waals surface area (Å²) in [5.41, 5.74) is 0. The molecule has 0 saturated carbocycles. The molecular formula is C61H104O5. The van der Waals surface area contributed by atoms with Gasteiger partial charge in [0.1, 0.15) is 6.61 Å². The van der Waals surface area contributed by atoms with E-state index in [0.29, 0.717) is 25.9 Å². The van der Waals surface area contributed by atoms with Gasteiger partial charge in [-0.2, -0.15) is 0 Å². The maximum absolute atomic E-state index is 12.8. The minimum atomic E-state index is -0.579. The standard InChI is InChI=1S/C61H104O5/c1-4-7-10-13-16-19-22-25-28-30-31-32-34-36-39-42-45-48-51-54-60(62)65-58-59(57-64-56-53-50-47-44-41-38-35-29-26-23-20-17-14-11-8-5-2)66-61(63)55-52-49-46-43-40-37-33-27-24-21-18-15-12-9-6-3/h9,12,16,18-19,21,25,27-28,31-33,36,39,45,48,59H,4-8,10-11,13-15,17,20,22-24,26,29-30,34-35,37-38,40-44,46-47,49-58H2,1-3H3/b12-9-,19-16-,21-18-,28-25-,32-31-,33-27-,39-36-,48-45-/t59-/m1/s1. The molecule has 0 aromatic carbocycles. The Labute approximate surface area is 409 Å². The quantitative estimate of drug-likeness (QED) is 0.0346. The highest BCUT2D eigenvalue weighted by molar-refractivity contribution is 5.70. The van der Waals surface area contributed by atoms with Gasteiger partial charge in [0.05, 0.1) is 6.61 Å². The topological polar surface area (TPSA) is 61.8 Å². The second-order valence-electron chi connectivity index (χ2n) is 18.1. The molecule has 1 atom stereocenters. The van der Waals surface area contributed by atoms with Crippen LogP contribution in [0.15, 0.2) is 97.2 Å². The second kappa shape index (κ2) is 56.1. The van der Waals surface area contributed by atoms with Crippen molar-refractivity contribution in [3.8, 4) is 0 Å². The maximum Gasteiger partial charge on any atom is 0.306 e. The van der Waals surface area contributed by atoms with E-state index >= 15 is 0 Å². The molecule has 5 nitrogen and oxygen atoms in total. The molecule has 0 unspecified atom stereocenters. The van der Waals surface area contributed by atoms with Gasteiger partial charge in [0.25, 0.3) is 0 Å². The zero-order valence-electron chi connectivity index (χ0n) is 43.4. The predicted molar refractivity (Wildman–Crippen MR) is 288 cm³/mol. The molecule has 5 heteroatoms. The number of unbranched alkanes of at least 4 members (excludes halogenated alkanes) is 23. The van der Waals surface area contributed by atoms with Gasteiger partial charge in [-0.05, 0) is 89.9 Å². The van der Waals surface area contributed by atoms with Gasteiger partial charge in [-0.15, -0.1) is 0 Å². The van der Waals surface area contributed by atoms with E-state index in [2.05, 4.69) is 112 Å². The third kappa shape index (κ3) is 53.4. The molecule has 0 rings (SSSR count). The Hall–Kier alpha value is -3.18. The first kappa shape index (κ1) is 62.8. The zero-order chi connectivity index (χ0) is 47.7. The van der Waals surface area contributed by atoms with Crippen LogP contribution in [0.3, 0.4) is 0 Å². The summed E-state index contributed by atoms with van der Waals surface area (Å²) in [6.45, 7) is 7.61. The maximum atomic E-state index is 12.8. The molecule has 0 spiro atoms. The molecule has 0 saturated heterocycles. The Morgan fingerprint density at radius 1 is 0.348 bits per heavy atom. The lowest BCUT2D eigenvalue weighted by Gasteiger charge is -2.18. The van der Waals surface area contributed by atoms with E-state index in [-0.39, 0.29) is 25.2 Å². The monoisotopic (exact) mass is 917 g/mol. The number of carbonyl (C=O) groups is 2. The van der Waals surface area contributed by atoms with E-state index in [4.69, 9.17) is 14.2 Å². The summed E-state index contributed by atoms with van der Waals surface area (Å²) in [6, 6.07) is 0. The number of carbonyl (C=O) groups excluding carboxylic acids is 2. The van der Waals surface area contributed by atoms with E-state index in [1.807, 2.05) is 6.08 Å². The lowest BCUT2D eigenvalue weighted by molar-refractivity contribution is -0.162. The van der Waals surface area contributed by atoms with Crippen LogP contribution in [0.2, 0.25) is 0 Å². The third-order valence-electron chi connectivity index (χ3n) is 11.6. The fraction of sp³-hybridized carbons (Fsp3) is 0.705. The van der Waals surface area contributed by atoms with Crippen LogP contribution in [0, 0.1) is 0 Å². The normalized spacial score (nSPS) is 13.0. The Morgan fingerprint density at radius 3 is 1.18 bits per heavy atom. The van der Waals surface area contributed by atoms with Gasteiger partial charge >= 0.3 is 11.9 Å². The summed E-state index contributed by atoms with van der Waals surface area (Å²) in [4.78, 5) is 25.4. The fourth-order valence-electron chi connectivity index (χ4n) is 7.51. The molecule has 0 aliphatic rings. The second-order valence-corrected chi connectivity index (χ2v) is 18.1. The molecule has 0 aromatic heterocycles. The molecule has 0 N–H and O–H groups in total. The summed E-state index contributed by atoms with van der Waals surface area (Å²) < 4.78 is 17.4. The third-order valence-corrected chi connectivity index (χ3v) is 11.6. The van der Waals surface area contributed by atoms with E-state index < -0.39 is 6.10 Å². The highest BCUT2D eigenvalue weighted by Gasteiger charge is 2.17. The largest absolute Gasteiger partial charge is 0.462 e. The van der Waals surface area contributed by atoms with E-state index in [0.717, 1.165) is 83.5 Å². The number of ether oxygens (including phenoxy) is 3. The van der Waals surface area contributed by atoms with E-state index in [1.165, 1.54) is 128 Å². The van der Waals surface area contributed by atoms with Crippen molar-refractivity contribution in [3.05, 3.63) is 97.2 Å². The van der Waals surface area contributed by atoms with Crippen LogP contribution in [0.5, 0.6) is 0 Å². The lowest BCUT2D eigenvalue weighted by Crippen LogP contribution is -2.30. The van der Waals surface area contributed by atoms with E-state index in [9.17, 15) is 9.59 Å². The number of allylic oxidation sites excluding steroid dienone is 16. The average molecular weight is 917 g/mol. The number of rotatable bonds is 50. The van der Waals surface area contributed by atoms with E-state index in [1.54, 1.807) is 0 Å². The van der Waals surface area contributed by atoms with Crippen molar-refractivity contribution in [1.82, 2.24) is 0 Å². The van der Waals surface area contributed by atoms with Gasteiger partial charge in [0, 0.05) is 19.4 Å². The van der Waals surface area contributed by atoms with Crippen molar-refractivity contribution in [2.75, 3.05) is 19.8 Å². The number of esters is 2. The molecule has 0 amide bonds. The highest BCUT2D eigenvalue weighted by atomic mass is 16.6. The Morgan fingerprint density at radius 2 is 0.712 bits per heavy atom. The fourth-order valence-corrected chi connectivity index (χ4v) is 7.51. The molecule has 0 aromatic rings. The van der Waals surface area contributed by atoms with Crippen LogP contribution in [-0.4, -0.2) is 37.9 Å². The van der Waals surface area contributed by atoms with Gasteiger partial charge < -0.3 is 14.2 Å². The van der Waals surface area contributed by atoms with Crippen molar-refractivity contribution in [3.63, 3.8) is 0 Å². The first-order chi connectivity index (χ1) is 32.6. The van der Waals surface area contributed by atoms with Crippen LogP contribution < -0.4 is 0 Å². The van der Waals surface area contributed by atoms with Gasteiger partial charge in [0.2, 0.25) is 0 Å². The van der Waals surface area contributed by atoms with Crippen LogP contribution in [0.4, 0.5) is 0 Å². The zero-order valence-corrected chi connectivity index (χ0v) is 43.4. The average Bonchev–Trinajstić information content (AvgIpc) is 3.32. The number of hydrogen-bond donors (Lipinski definition) is 0. The van der Waals surface area contributed by atoms with Crippen LogP contribution in [0.1, 0.15) is 252 Å². The van der Waals surface area contributed by atoms with Crippen LogP contribution in [0.25, 0.3) is 0 Å². The van der Waals surface area contributed by atoms with Gasteiger partial charge in [0.15, 0.2) is 6.10 Å². The van der Waals surface area contributed by atoms with Crippen molar-refractivity contribution in [2.45, 2.75) is 258 Å². The van der Waals surface area contributed by atoms with Crippen molar-refractivity contribution in [1.29, 1.82) is 0 Å². The molecule has 0 radical (unpaired) electrons. The molecule has 0 heterocycles. The smallest absolute Gasteiger partial charge is 0.306 e. The van der Waals surface area contributed by atoms with Crippen molar-refractivity contribution >= 4 is 11.9 Å². The highest BCUT2D eigenvalue weighted by Crippen LogP contribution is 2.15. The first-order valence-electron chi connectivity index (χ1n) is 27.8. The molecule has 0 bridgehead atoms. The molecule has 66 heavy (non-hydrogen) atoms. The van der Waals surface area contributed by atoms with Gasteiger partial charge in [-0.25, -0.2) is 0 Å². The lowest BCUT2D eigenvalue weighted by atomic mass is 10.0. The summed E-state index contributed by atoms with van der Waals surface area (Å²) in [6.07, 6.45) is 75.8. The Balaban J connectivity index is 4.41. The molecule has 0 aliphatic heterocycles. The minimum Gasteiger partial charge on any atom is -0.462 e. The molecule has 378 valence electrons. The first-order valence-corrected chi connectivity index (χ1v) is 27.8. The van der Waals surface area contributed by atoms with Crippen molar-refractivity contribution < 1.29 is 23.8 Å². The molecular weight excluding hydrogens is 813 g/mol. The predicted octanol–water partition coefficient (Wildman–Crippen LogP) is 19.0. The number of hydrogen-bond acceptors (Lipinski definition) is 5. The Bertz CT molecular complexity index is 1270. The Kier molecular flexibility index (Phi) is 53.4. The minimum absolute atomic E-state index is 0.0364. The van der Waals surface area contributed by atoms with Crippen LogP contribution in [-0.2, 0) is 23.8 Å². The van der Waals surface area contributed by atoms with Gasteiger partial charge in [-0.1, -0.05) is 246 Å². The van der Waals surface area contributed by atoms with Crippen molar-refractivity contribution in [2.24, 2.45) is 0 Å². The summed E-state index contributed by atoms with van der Waals surface area (Å²) >= 11 is 0. The van der Waals surface area contributed by atoms with Gasteiger partial charge in [-0.3, -0.25) is 9.59 Å². The summed E-state index contributed by atoms with van der Waals surface area (Å²) in [7, 11) is 0. The van der Waals surface area contributed by atoms with Crippen LogP contribution >= 0.6 is 0 Å². The summed E-state index contributed by atoms with van der Waals surface area (Å²) in [5, 5.41) is 0. The molecule has 0 aliphatic carbocycles. The summed E-state index contributed by atoms with van der Waals surface area (Å²) in [5.74, 6) is -0.509. The SMILES string of the molecule is CC/C=C\C/C=C\C/C=C\CCCCCCCC(=O)O[C@H](COCCCCCCCCCCCCCCCCCC)COC(=O)CC/C=C\C/C=C\C/C=C\C/C=C\C/C=C\CCCCC. The molecule has 0 fully saturated rings.